The molecule has 2 aliphatic rings. The van der Waals surface area contributed by atoms with Gasteiger partial charge in [-0.1, -0.05) is 12.8 Å². The lowest BCUT2D eigenvalue weighted by molar-refractivity contribution is -0.156. The van der Waals surface area contributed by atoms with E-state index in [4.69, 9.17) is 4.74 Å². The van der Waals surface area contributed by atoms with Gasteiger partial charge in [0.1, 0.15) is 0 Å². The second kappa shape index (κ2) is 6.64. The van der Waals surface area contributed by atoms with Crippen molar-refractivity contribution >= 4 is 17.9 Å². The van der Waals surface area contributed by atoms with Crippen LogP contribution in [-0.2, 0) is 14.3 Å². The molecule has 0 radical (unpaired) electrons. The summed E-state index contributed by atoms with van der Waals surface area (Å²) in [6, 6.07) is -0.972. The smallest absolute Gasteiger partial charge is 0.321 e. The number of urea groups is 1. The molecule has 0 aromatic rings. The number of nitrogens with one attached hydrogen (secondary N) is 2. The number of imide groups is 1. The largest absolute Gasteiger partial charge is 0.469 e. The van der Waals surface area contributed by atoms with E-state index in [0.29, 0.717) is 13.1 Å². The average Bonchev–Trinajstić information content (AvgIpc) is 2.93. The summed E-state index contributed by atoms with van der Waals surface area (Å²) in [6.45, 7) is 2.98. The number of methoxy groups -OCH3 is 1. The first-order valence-corrected chi connectivity index (χ1v) is 7.79. The van der Waals surface area contributed by atoms with Gasteiger partial charge in [-0.25, -0.2) is 4.79 Å². The molecular formula is C15H25N3O4. The Morgan fingerprint density at radius 2 is 2.05 bits per heavy atom. The predicted molar refractivity (Wildman–Crippen MR) is 80.0 cm³/mol. The Morgan fingerprint density at radius 1 is 1.32 bits per heavy atom. The maximum Gasteiger partial charge on any atom is 0.321 e. The van der Waals surface area contributed by atoms with E-state index in [1.165, 1.54) is 14.2 Å². The molecule has 2 N–H and O–H groups in total. The molecule has 0 aromatic carbocycles. The lowest BCUT2D eigenvalue weighted by Crippen LogP contribution is -2.49. The topological polar surface area (TPSA) is 87.7 Å². The van der Waals surface area contributed by atoms with Gasteiger partial charge < -0.3 is 10.1 Å². The summed E-state index contributed by atoms with van der Waals surface area (Å²) in [5.74, 6) is -0.291. The quantitative estimate of drug-likeness (QED) is 0.741. The summed E-state index contributed by atoms with van der Waals surface area (Å²) < 4.78 is 5.03. The van der Waals surface area contributed by atoms with Gasteiger partial charge in [-0.05, 0) is 25.7 Å². The van der Waals surface area contributed by atoms with Crippen molar-refractivity contribution in [3.8, 4) is 0 Å². The Hall–Kier alpha value is -1.63. The fraction of sp³-hybridized carbons (Fsp3) is 0.800. The minimum absolute atomic E-state index is 0.168. The number of likely N-dealkylation sites (tertiary alicyclic amines) is 1. The number of esters is 1. The number of ether oxygens (including phenoxy) is 1. The molecule has 1 heterocycles. The summed E-state index contributed by atoms with van der Waals surface area (Å²) >= 11 is 0. The van der Waals surface area contributed by atoms with Crippen LogP contribution in [0.1, 0.15) is 32.6 Å². The molecule has 7 nitrogen and oxygen atoms in total. The van der Waals surface area contributed by atoms with Crippen LogP contribution < -0.4 is 10.6 Å². The zero-order chi connectivity index (χ0) is 16.3. The van der Waals surface area contributed by atoms with Gasteiger partial charge in [0.25, 0.3) is 0 Å². The van der Waals surface area contributed by atoms with E-state index in [1.807, 2.05) is 4.90 Å². The highest BCUT2D eigenvalue weighted by molar-refractivity contribution is 5.96. The van der Waals surface area contributed by atoms with Crippen LogP contribution in [0.5, 0.6) is 0 Å². The third-order valence-electron chi connectivity index (χ3n) is 5.13. The number of hydrogen-bond donors (Lipinski definition) is 2. The van der Waals surface area contributed by atoms with Gasteiger partial charge in [0, 0.05) is 20.1 Å². The predicted octanol–water partition coefficient (Wildman–Crippen LogP) is 0.496. The first-order chi connectivity index (χ1) is 10.4. The number of carbonyl (C=O) groups excluding carboxylic acids is 3. The lowest BCUT2D eigenvalue weighted by Gasteiger charge is -2.35. The minimum Gasteiger partial charge on any atom is -0.469 e. The first kappa shape index (κ1) is 16.7. The van der Waals surface area contributed by atoms with E-state index < -0.39 is 17.5 Å². The van der Waals surface area contributed by atoms with Gasteiger partial charge in [-0.2, -0.15) is 0 Å². The molecule has 2 rings (SSSR count). The van der Waals surface area contributed by atoms with Crippen LogP contribution >= 0.6 is 0 Å². The van der Waals surface area contributed by atoms with Crippen molar-refractivity contribution in [3.63, 3.8) is 0 Å². The highest BCUT2D eigenvalue weighted by atomic mass is 16.5. The van der Waals surface area contributed by atoms with Gasteiger partial charge in [0.05, 0.1) is 18.6 Å². The molecule has 1 saturated heterocycles. The van der Waals surface area contributed by atoms with E-state index in [9.17, 15) is 14.4 Å². The Bertz CT molecular complexity index is 468. The minimum atomic E-state index is -0.517. The lowest BCUT2D eigenvalue weighted by atomic mass is 9.68. The standard InChI is InChI=1S/C15H25N3O4/c1-10(12(19)17-14(21)16-2)18-8-11-6-4-5-7-15(11,9-18)13(20)22-3/h10-11H,4-9H2,1-3H3,(H2,16,17,19,21)/t10?,11-,15-/m1/s1. The van der Waals surface area contributed by atoms with Crippen molar-refractivity contribution < 1.29 is 19.1 Å². The normalized spacial score (nSPS) is 29.3. The van der Waals surface area contributed by atoms with E-state index >= 15 is 0 Å². The third-order valence-corrected chi connectivity index (χ3v) is 5.13. The molecule has 0 aromatic heterocycles. The van der Waals surface area contributed by atoms with Crippen molar-refractivity contribution in [1.82, 2.24) is 15.5 Å². The van der Waals surface area contributed by atoms with Crippen molar-refractivity contribution in [1.29, 1.82) is 0 Å². The summed E-state index contributed by atoms with van der Waals surface area (Å²) in [5.41, 5.74) is -0.492. The second-order valence-corrected chi connectivity index (χ2v) is 6.26. The van der Waals surface area contributed by atoms with Crippen LogP contribution in [0.2, 0.25) is 0 Å². The Kier molecular flexibility index (Phi) is 5.05. The summed E-state index contributed by atoms with van der Waals surface area (Å²) in [6.07, 6.45) is 3.91. The van der Waals surface area contributed by atoms with E-state index in [0.717, 1.165) is 25.7 Å². The van der Waals surface area contributed by atoms with Crippen LogP contribution in [0.4, 0.5) is 4.79 Å². The summed E-state index contributed by atoms with van der Waals surface area (Å²) in [4.78, 5) is 37.7. The fourth-order valence-electron chi connectivity index (χ4n) is 3.77. The van der Waals surface area contributed by atoms with Gasteiger partial charge in [0.15, 0.2) is 0 Å². The number of nitrogens with zero attached hydrogens (tertiary/aromatic N) is 1. The van der Waals surface area contributed by atoms with Gasteiger partial charge in [-0.3, -0.25) is 19.8 Å². The summed E-state index contributed by atoms with van der Waals surface area (Å²) in [7, 11) is 2.89. The van der Waals surface area contributed by atoms with E-state index in [-0.39, 0.29) is 17.8 Å². The number of carbonyl (C=O) groups is 3. The number of hydrogen-bond acceptors (Lipinski definition) is 5. The highest BCUT2D eigenvalue weighted by Gasteiger charge is 2.54. The zero-order valence-electron chi connectivity index (χ0n) is 13.5. The van der Waals surface area contributed by atoms with Gasteiger partial charge >= 0.3 is 12.0 Å². The van der Waals surface area contributed by atoms with Gasteiger partial charge in [0.2, 0.25) is 5.91 Å². The molecule has 1 saturated carbocycles. The Labute approximate surface area is 130 Å². The first-order valence-electron chi connectivity index (χ1n) is 7.79. The molecule has 124 valence electrons. The van der Waals surface area contributed by atoms with Crippen LogP contribution in [0.15, 0.2) is 0 Å². The molecule has 1 unspecified atom stereocenters. The van der Waals surface area contributed by atoms with Crippen LogP contribution in [0.25, 0.3) is 0 Å². The Balaban J connectivity index is 2.10. The van der Waals surface area contributed by atoms with Crippen LogP contribution in [0.3, 0.4) is 0 Å². The zero-order valence-corrected chi connectivity index (χ0v) is 13.5. The number of rotatable bonds is 3. The van der Waals surface area contributed by atoms with Crippen molar-refractivity contribution in [2.75, 3.05) is 27.2 Å². The highest BCUT2D eigenvalue weighted by Crippen LogP contribution is 2.48. The van der Waals surface area contributed by atoms with Crippen molar-refractivity contribution in [3.05, 3.63) is 0 Å². The molecule has 1 aliphatic carbocycles. The monoisotopic (exact) mass is 311 g/mol. The molecule has 2 fully saturated rings. The van der Waals surface area contributed by atoms with Gasteiger partial charge in [-0.15, -0.1) is 0 Å². The second-order valence-electron chi connectivity index (χ2n) is 6.26. The fourth-order valence-corrected chi connectivity index (χ4v) is 3.77. The Morgan fingerprint density at radius 3 is 2.68 bits per heavy atom. The SMILES string of the molecule is CNC(=O)NC(=O)C(C)N1C[C@H]2CCCC[C@@]2(C(=O)OC)C1. The molecule has 22 heavy (non-hydrogen) atoms. The van der Waals surface area contributed by atoms with E-state index in [1.54, 1.807) is 6.92 Å². The maximum absolute atomic E-state index is 12.3. The van der Waals surface area contributed by atoms with Crippen LogP contribution in [0, 0.1) is 11.3 Å². The number of fused-ring (bicyclic) bond motifs is 1. The molecular weight excluding hydrogens is 286 g/mol. The summed E-state index contributed by atoms with van der Waals surface area (Å²) in [5, 5.41) is 4.66. The molecule has 7 heteroatoms. The van der Waals surface area contributed by atoms with Crippen molar-refractivity contribution in [2.45, 2.75) is 38.6 Å². The van der Waals surface area contributed by atoms with Crippen LogP contribution in [-0.4, -0.2) is 56.1 Å². The van der Waals surface area contributed by atoms with E-state index in [2.05, 4.69) is 10.6 Å². The molecule has 1 aliphatic heterocycles. The number of amides is 3. The molecule has 3 amide bonds. The molecule has 0 spiro atoms. The molecule has 0 bridgehead atoms. The molecule has 3 atom stereocenters. The third kappa shape index (κ3) is 2.95. The average molecular weight is 311 g/mol. The van der Waals surface area contributed by atoms with Crippen molar-refractivity contribution in [2.24, 2.45) is 11.3 Å². The maximum atomic E-state index is 12.3.